The third-order valence-electron chi connectivity index (χ3n) is 9.80. The first-order valence-corrected chi connectivity index (χ1v) is 17.4. The molecule has 9 rings (SSSR count). The van der Waals surface area contributed by atoms with E-state index in [-0.39, 0.29) is 0 Å². The van der Waals surface area contributed by atoms with E-state index in [1.54, 1.807) is 0 Å². The molecule has 51 heavy (non-hydrogen) atoms. The second-order valence-corrected chi connectivity index (χ2v) is 12.9. The molecule has 1 N–H and O–H groups in total. The van der Waals surface area contributed by atoms with Gasteiger partial charge >= 0.3 is 0 Å². The summed E-state index contributed by atoms with van der Waals surface area (Å²) in [6.45, 7) is 0. The Labute approximate surface area is 297 Å². The van der Waals surface area contributed by atoms with E-state index in [0.29, 0.717) is 0 Å². The Morgan fingerprint density at radius 2 is 1.25 bits per heavy atom. The lowest BCUT2D eigenvalue weighted by atomic mass is 9.98. The molecule has 0 radical (unpaired) electrons. The summed E-state index contributed by atoms with van der Waals surface area (Å²) in [5.74, 6) is 0. The van der Waals surface area contributed by atoms with Gasteiger partial charge in [0.25, 0.3) is 0 Å². The summed E-state index contributed by atoms with van der Waals surface area (Å²) in [6.07, 6.45) is 6.63. The molecule has 0 amide bonds. The van der Waals surface area contributed by atoms with Crippen molar-refractivity contribution in [1.82, 2.24) is 9.55 Å². The predicted molar refractivity (Wildman–Crippen MR) is 218 cm³/mol. The summed E-state index contributed by atoms with van der Waals surface area (Å²) >= 11 is 0. The van der Waals surface area contributed by atoms with E-state index in [0.717, 1.165) is 44.7 Å². The van der Waals surface area contributed by atoms with Gasteiger partial charge in [0.1, 0.15) is 0 Å². The van der Waals surface area contributed by atoms with Crippen LogP contribution in [-0.2, 0) is 0 Å². The Hall–Kier alpha value is -6.71. The number of nitrogens with one attached hydrogen (secondary N) is 1. The molecule has 2 aromatic heterocycles. The van der Waals surface area contributed by atoms with Gasteiger partial charge in [-0.05, 0) is 69.8 Å². The Morgan fingerprint density at radius 3 is 2.10 bits per heavy atom. The van der Waals surface area contributed by atoms with Gasteiger partial charge in [-0.2, -0.15) is 0 Å². The van der Waals surface area contributed by atoms with Gasteiger partial charge in [-0.1, -0.05) is 152 Å². The van der Waals surface area contributed by atoms with Crippen molar-refractivity contribution < 1.29 is 0 Å². The lowest BCUT2D eigenvalue weighted by Gasteiger charge is -2.12. The van der Waals surface area contributed by atoms with E-state index >= 15 is 0 Å². The Bertz CT molecular complexity index is 2790. The summed E-state index contributed by atoms with van der Waals surface area (Å²) < 4.78 is 2.42. The molecular formula is C48H35N3. The highest BCUT2D eigenvalue weighted by molar-refractivity contribution is 6.22. The van der Waals surface area contributed by atoms with Crippen LogP contribution in [0.25, 0.3) is 72.1 Å². The van der Waals surface area contributed by atoms with Crippen molar-refractivity contribution in [3.8, 4) is 16.8 Å². The monoisotopic (exact) mass is 653 g/mol. The van der Waals surface area contributed by atoms with Gasteiger partial charge in [-0.15, -0.1) is 0 Å². The molecule has 0 saturated heterocycles. The molecule has 0 bridgehead atoms. The minimum Gasteiger partial charge on any atom is -0.353 e. The molecule has 0 aliphatic heterocycles. The van der Waals surface area contributed by atoms with Gasteiger partial charge in [0.2, 0.25) is 0 Å². The van der Waals surface area contributed by atoms with Crippen LogP contribution in [0.3, 0.4) is 0 Å². The molecule has 0 aliphatic rings. The first-order valence-electron chi connectivity index (χ1n) is 17.4. The minimum absolute atomic E-state index is 0.926. The Morgan fingerprint density at radius 1 is 0.569 bits per heavy atom. The highest BCUT2D eigenvalue weighted by atomic mass is 15.0. The maximum absolute atomic E-state index is 4.74. The fourth-order valence-electron chi connectivity index (χ4n) is 7.36. The maximum Gasteiger partial charge on any atom is 0.0783 e. The topological polar surface area (TPSA) is 33.1 Å². The van der Waals surface area contributed by atoms with Gasteiger partial charge in [-0.3, -0.25) is 4.99 Å². The number of benzene rings is 7. The molecule has 242 valence electrons. The number of allylic oxidation sites excluding steroid dienone is 3. The van der Waals surface area contributed by atoms with Crippen LogP contribution in [0.4, 0.5) is 0 Å². The summed E-state index contributed by atoms with van der Waals surface area (Å²) in [6, 6.07) is 60.3. The van der Waals surface area contributed by atoms with E-state index in [4.69, 9.17) is 4.99 Å². The molecule has 7 aromatic carbocycles. The quantitative estimate of drug-likeness (QED) is 0.131. The maximum atomic E-state index is 4.74. The number of aromatic nitrogens is 2. The highest BCUT2D eigenvalue weighted by Crippen LogP contribution is 2.39. The van der Waals surface area contributed by atoms with Gasteiger partial charge < -0.3 is 9.55 Å². The van der Waals surface area contributed by atoms with Crippen molar-refractivity contribution in [1.29, 1.82) is 0 Å². The lowest BCUT2D eigenvalue weighted by molar-refractivity contribution is 1.18. The standard InChI is InChI=1S/C48H35N3/c1-49-45(35-17-6-3-7-18-35)32-38(27-26-33-14-12-19-36(30-33)34-15-4-2-5-16-34)37-20-13-21-39(31-37)51-46-25-11-9-23-41(46)43-29-28-42-40-22-8-10-24-44(40)50-47(42)48(43)51/h2-32,50H,1H3/b27-26+,38-32+,49-45?. The lowest BCUT2D eigenvalue weighted by Crippen LogP contribution is -1.99. The van der Waals surface area contributed by atoms with E-state index in [1.807, 2.05) is 13.1 Å². The summed E-state index contributed by atoms with van der Waals surface area (Å²) in [5, 5.41) is 4.93. The average Bonchev–Trinajstić information content (AvgIpc) is 3.75. The molecule has 0 aliphatic carbocycles. The summed E-state index contributed by atoms with van der Waals surface area (Å²) in [5.41, 5.74) is 13.5. The first-order chi connectivity index (χ1) is 25.2. The van der Waals surface area contributed by atoms with Crippen molar-refractivity contribution in [2.75, 3.05) is 7.05 Å². The van der Waals surface area contributed by atoms with Crippen molar-refractivity contribution in [2.24, 2.45) is 4.99 Å². The molecule has 0 saturated carbocycles. The van der Waals surface area contributed by atoms with Gasteiger partial charge in [0, 0.05) is 39.8 Å². The van der Waals surface area contributed by atoms with E-state index in [9.17, 15) is 0 Å². The fourth-order valence-corrected chi connectivity index (χ4v) is 7.36. The van der Waals surface area contributed by atoms with Crippen LogP contribution in [0.2, 0.25) is 0 Å². The molecule has 2 heterocycles. The molecule has 0 spiro atoms. The smallest absolute Gasteiger partial charge is 0.0783 e. The van der Waals surface area contributed by atoms with Crippen molar-refractivity contribution in [3.05, 3.63) is 199 Å². The average molecular weight is 654 g/mol. The number of aliphatic imine (C=N–C) groups is 1. The van der Waals surface area contributed by atoms with Gasteiger partial charge in [0.05, 0.1) is 22.3 Å². The first kappa shape index (κ1) is 30.4. The molecule has 0 atom stereocenters. The molecule has 0 unspecified atom stereocenters. The van der Waals surface area contributed by atoms with Crippen LogP contribution in [-0.4, -0.2) is 22.3 Å². The minimum atomic E-state index is 0.926. The molecule has 3 nitrogen and oxygen atoms in total. The van der Waals surface area contributed by atoms with E-state index < -0.39 is 0 Å². The third-order valence-corrected chi connectivity index (χ3v) is 9.80. The molecule has 3 heteroatoms. The van der Waals surface area contributed by atoms with E-state index in [2.05, 4.69) is 192 Å². The van der Waals surface area contributed by atoms with Crippen LogP contribution in [0.15, 0.2) is 187 Å². The third kappa shape index (κ3) is 5.55. The number of para-hydroxylation sites is 2. The molecular weight excluding hydrogens is 619 g/mol. The van der Waals surface area contributed by atoms with Crippen LogP contribution in [0.5, 0.6) is 0 Å². The molecule has 9 aromatic rings. The number of rotatable bonds is 7. The number of nitrogens with zero attached hydrogens (tertiary/aromatic N) is 2. The van der Waals surface area contributed by atoms with Crippen LogP contribution < -0.4 is 0 Å². The molecule has 0 fully saturated rings. The van der Waals surface area contributed by atoms with Gasteiger partial charge in [-0.25, -0.2) is 0 Å². The second kappa shape index (κ2) is 13.0. The summed E-state index contributed by atoms with van der Waals surface area (Å²) in [7, 11) is 1.86. The van der Waals surface area contributed by atoms with Crippen LogP contribution in [0, 0.1) is 0 Å². The number of H-pyrrole nitrogens is 1. The van der Waals surface area contributed by atoms with Gasteiger partial charge in [0.15, 0.2) is 0 Å². The number of hydrogen-bond acceptors (Lipinski definition) is 1. The van der Waals surface area contributed by atoms with Crippen LogP contribution in [0.1, 0.15) is 16.7 Å². The van der Waals surface area contributed by atoms with Crippen molar-refractivity contribution in [3.63, 3.8) is 0 Å². The van der Waals surface area contributed by atoms with Crippen LogP contribution >= 0.6 is 0 Å². The Kier molecular flexibility index (Phi) is 7.71. The van der Waals surface area contributed by atoms with E-state index in [1.165, 1.54) is 43.7 Å². The Balaban J connectivity index is 1.23. The second-order valence-electron chi connectivity index (χ2n) is 12.9. The summed E-state index contributed by atoms with van der Waals surface area (Å²) in [4.78, 5) is 8.52. The predicted octanol–water partition coefficient (Wildman–Crippen LogP) is 12.3. The van der Waals surface area contributed by atoms with Crippen molar-refractivity contribution in [2.45, 2.75) is 0 Å². The normalized spacial score (nSPS) is 12.6. The highest BCUT2D eigenvalue weighted by Gasteiger charge is 2.18. The fraction of sp³-hybridized carbons (Fsp3) is 0.0208. The largest absolute Gasteiger partial charge is 0.353 e. The zero-order valence-corrected chi connectivity index (χ0v) is 28.3. The van der Waals surface area contributed by atoms with Crippen molar-refractivity contribution >= 4 is 61.0 Å². The zero-order valence-electron chi connectivity index (χ0n) is 28.3. The SMILES string of the molecule is CN=C(/C=C(\C=C\c1cccc(-c2ccccc2)c1)c1cccc(-n2c3ccccc3c3ccc4c5ccccc5[nH]c4c32)c1)c1ccccc1. The zero-order chi connectivity index (χ0) is 34.1. The number of fused-ring (bicyclic) bond motifs is 7. The number of hydrogen-bond donors (Lipinski definition) is 1. The number of aromatic amines is 1.